The molecular formula is C42H34F4N8O4S. The van der Waals surface area contributed by atoms with Crippen LogP contribution in [0.3, 0.4) is 0 Å². The van der Waals surface area contributed by atoms with Crippen molar-refractivity contribution in [3.63, 3.8) is 0 Å². The molecule has 0 saturated heterocycles. The molecule has 5 aromatic heterocycles. The summed E-state index contributed by atoms with van der Waals surface area (Å²) in [6, 6.07) is 13.5. The van der Waals surface area contributed by atoms with Crippen LogP contribution in [0, 0.1) is 29.5 Å². The van der Waals surface area contributed by atoms with Crippen LogP contribution < -0.4 is 20.3 Å². The highest BCUT2D eigenvalue weighted by Gasteiger charge is 2.34. The first-order valence-electron chi connectivity index (χ1n) is 18.2. The van der Waals surface area contributed by atoms with E-state index in [1.165, 1.54) is 34.5 Å². The number of hydrogen-bond donors (Lipinski definition) is 2. The molecule has 0 aliphatic heterocycles. The van der Waals surface area contributed by atoms with E-state index in [2.05, 4.69) is 49.0 Å². The molecule has 0 bridgehead atoms. The fraction of sp³-hybridized carbons (Fsp3) is 0.238. The van der Waals surface area contributed by atoms with Gasteiger partial charge in [-0.1, -0.05) is 24.0 Å². The molecular weight excluding hydrogens is 789 g/mol. The number of aryl methyl sites for hydroxylation is 1. The number of aliphatic hydroxyl groups is 1. The molecule has 12 nitrogen and oxygen atoms in total. The highest BCUT2D eigenvalue weighted by molar-refractivity contribution is 7.19. The Kier molecular flexibility index (Phi) is 12.6. The number of hydrogen-bond acceptors (Lipinski definition) is 11. The fourth-order valence-corrected chi connectivity index (χ4v) is 7.10. The predicted molar refractivity (Wildman–Crippen MR) is 212 cm³/mol. The van der Waals surface area contributed by atoms with E-state index in [9.17, 15) is 27.5 Å². The van der Waals surface area contributed by atoms with E-state index in [0.717, 1.165) is 38.6 Å². The summed E-state index contributed by atoms with van der Waals surface area (Å²) >= 11 is 1.52. The molecule has 0 fully saturated rings. The Labute approximate surface area is 338 Å². The molecule has 300 valence electrons. The van der Waals surface area contributed by atoms with Gasteiger partial charge in [0, 0.05) is 55.8 Å². The Morgan fingerprint density at radius 3 is 2.53 bits per heavy atom. The van der Waals surface area contributed by atoms with Crippen molar-refractivity contribution < 1.29 is 32.1 Å². The molecule has 59 heavy (non-hydrogen) atoms. The lowest BCUT2D eigenvalue weighted by atomic mass is 10.1. The smallest absolute Gasteiger partial charge is 0.419 e. The monoisotopic (exact) mass is 822 g/mol. The maximum atomic E-state index is 13.7. The molecule has 0 aliphatic carbocycles. The summed E-state index contributed by atoms with van der Waals surface area (Å²) < 4.78 is 68.8. The summed E-state index contributed by atoms with van der Waals surface area (Å²) in [6.07, 6.45) is 2.55. The first-order chi connectivity index (χ1) is 28.6. The number of fused-ring (bicyclic) bond motifs is 3. The zero-order chi connectivity index (χ0) is 41.4. The van der Waals surface area contributed by atoms with E-state index in [-0.39, 0.29) is 44.0 Å². The molecule has 7 aromatic rings. The van der Waals surface area contributed by atoms with Gasteiger partial charge in [-0.05, 0) is 59.9 Å². The van der Waals surface area contributed by atoms with Crippen molar-refractivity contribution in [1.82, 2.24) is 39.6 Å². The molecule has 7 rings (SSSR count). The van der Waals surface area contributed by atoms with Gasteiger partial charge in [-0.25, -0.2) is 24.0 Å². The van der Waals surface area contributed by atoms with Gasteiger partial charge in [-0.3, -0.25) is 9.78 Å². The van der Waals surface area contributed by atoms with Gasteiger partial charge in [-0.2, -0.15) is 18.3 Å². The zero-order valence-electron chi connectivity index (χ0n) is 31.4. The third-order valence-corrected chi connectivity index (χ3v) is 9.88. The minimum Gasteiger partial charge on any atom is -0.493 e. The van der Waals surface area contributed by atoms with Crippen molar-refractivity contribution in [2.45, 2.75) is 38.7 Å². The third-order valence-electron chi connectivity index (χ3n) is 8.80. The fourth-order valence-electron chi connectivity index (χ4n) is 5.98. The molecule has 0 spiro atoms. The second-order valence-corrected chi connectivity index (χ2v) is 14.0. The molecule has 0 aliphatic rings. The van der Waals surface area contributed by atoms with Crippen molar-refractivity contribution in [2.24, 2.45) is 7.05 Å². The summed E-state index contributed by atoms with van der Waals surface area (Å²) in [5, 5.41) is 18.2. The van der Waals surface area contributed by atoms with E-state index in [0.29, 0.717) is 53.4 Å². The second-order valence-electron chi connectivity index (χ2n) is 12.9. The number of thiazole rings is 1. The number of ether oxygens (including phenoxy) is 2. The van der Waals surface area contributed by atoms with Crippen LogP contribution >= 0.6 is 11.3 Å². The maximum Gasteiger partial charge on any atom is 0.419 e. The van der Waals surface area contributed by atoms with Crippen molar-refractivity contribution in [3.05, 3.63) is 134 Å². The van der Waals surface area contributed by atoms with Crippen LogP contribution in [-0.4, -0.2) is 59.1 Å². The van der Waals surface area contributed by atoms with Gasteiger partial charge >= 0.3 is 6.18 Å². The Morgan fingerprint density at radius 2 is 1.78 bits per heavy atom. The lowest BCUT2D eigenvalue weighted by Crippen LogP contribution is -2.23. The number of halogens is 4. The minimum absolute atomic E-state index is 0.0493. The van der Waals surface area contributed by atoms with Crippen LogP contribution in [0.1, 0.15) is 45.2 Å². The van der Waals surface area contributed by atoms with E-state index in [1.54, 1.807) is 35.2 Å². The highest BCUT2D eigenvalue weighted by atomic mass is 32.1. The molecule has 0 atom stereocenters. The number of aromatic nitrogens is 7. The highest BCUT2D eigenvalue weighted by Crippen LogP contribution is 2.33. The molecule has 0 amide bonds. The van der Waals surface area contributed by atoms with Crippen LogP contribution in [0.5, 0.6) is 11.5 Å². The Bertz CT molecular complexity index is 2780. The van der Waals surface area contributed by atoms with Crippen LogP contribution in [0.25, 0.3) is 21.3 Å². The molecule has 0 unspecified atom stereocenters. The average molecular weight is 823 g/mol. The number of pyridine rings is 1. The number of benzene rings is 2. The summed E-state index contributed by atoms with van der Waals surface area (Å²) in [5.74, 6) is 11.3. The van der Waals surface area contributed by atoms with E-state index in [4.69, 9.17) is 14.5 Å². The summed E-state index contributed by atoms with van der Waals surface area (Å²) in [6.45, 7) is 0.566. The SMILES string of the molecule is Cn1c2nc(Cc3ccccn3)sc2c2cnn(CC#Cc3cnc(C#CCCOc4ccc(OCc5ccc(F)c(C(F)(F)F)c5)c(CNCCO)c4)cn3)c(=O)c21. The standard InChI is InChI=1S/C42H34F4N8O4S/c1-53-38-33(39-40(53)52-37(59-39)21-29-7-2-4-14-48-29)25-51-54(41(38)56)16-6-9-31-24-49-30(23-50-31)8-3-5-18-57-32-11-13-36(28(20-32)22-47-15-17-55)58-26-27-10-12-35(43)34(19-27)42(44,45)46/h2,4,7,10-14,19-20,23-25,47,55H,5,15-18,21-22,26H2,1H3. The number of nitrogens with zero attached hydrogens (tertiary/aromatic N) is 7. The number of alkyl halides is 3. The van der Waals surface area contributed by atoms with Gasteiger partial charge in [0.25, 0.3) is 5.56 Å². The van der Waals surface area contributed by atoms with Crippen molar-refractivity contribution in [1.29, 1.82) is 0 Å². The van der Waals surface area contributed by atoms with Crippen LogP contribution in [0.2, 0.25) is 0 Å². The second kappa shape index (κ2) is 18.3. The average Bonchev–Trinajstić information content (AvgIpc) is 3.76. The summed E-state index contributed by atoms with van der Waals surface area (Å²) in [4.78, 5) is 31.1. The summed E-state index contributed by atoms with van der Waals surface area (Å²) in [5.41, 5.74) is 2.13. The first-order valence-corrected chi connectivity index (χ1v) is 19.0. The normalized spacial score (nSPS) is 11.3. The van der Waals surface area contributed by atoms with Gasteiger partial charge in [0.15, 0.2) is 5.65 Å². The molecule has 17 heteroatoms. The van der Waals surface area contributed by atoms with E-state index >= 15 is 0 Å². The van der Waals surface area contributed by atoms with Gasteiger partial charge in [0.1, 0.15) is 52.4 Å². The van der Waals surface area contributed by atoms with Gasteiger partial charge in [0.05, 0.1) is 42.1 Å². The van der Waals surface area contributed by atoms with Crippen LogP contribution in [0.4, 0.5) is 17.6 Å². The van der Waals surface area contributed by atoms with Crippen molar-refractivity contribution >= 4 is 32.6 Å². The van der Waals surface area contributed by atoms with E-state index < -0.39 is 17.6 Å². The molecule has 2 aromatic carbocycles. The molecule has 5 heterocycles. The minimum atomic E-state index is -4.83. The first kappa shape index (κ1) is 40.5. The largest absolute Gasteiger partial charge is 0.493 e. The van der Waals surface area contributed by atoms with Crippen LogP contribution in [0.15, 0.2) is 84.2 Å². The molecule has 0 radical (unpaired) electrons. The Hall–Kier alpha value is -6.66. The van der Waals surface area contributed by atoms with E-state index in [1.807, 2.05) is 25.2 Å². The van der Waals surface area contributed by atoms with Crippen molar-refractivity contribution in [3.8, 4) is 35.2 Å². The van der Waals surface area contributed by atoms with Gasteiger partial charge in [-0.15, -0.1) is 11.3 Å². The number of rotatable bonds is 13. The maximum absolute atomic E-state index is 13.7. The Balaban J connectivity index is 0.920. The lowest BCUT2D eigenvalue weighted by molar-refractivity contribution is -0.140. The Morgan fingerprint density at radius 1 is 0.966 bits per heavy atom. The van der Waals surface area contributed by atoms with Gasteiger partial charge in [0.2, 0.25) is 0 Å². The van der Waals surface area contributed by atoms with Crippen LogP contribution in [-0.2, 0) is 39.3 Å². The molecule has 0 saturated carbocycles. The third kappa shape index (κ3) is 9.90. The quantitative estimate of drug-likeness (QED) is 0.0832. The summed E-state index contributed by atoms with van der Waals surface area (Å²) in [7, 11) is 1.82. The predicted octanol–water partition coefficient (Wildman–Crippen LogP) is 5.81. The van der Waals surface area contributed by atoms with Gasteiger partial charge < -0.3 is 24.5 Å². The zero-order valence-corrected chi connectivity index (χ0v) is 32.2. The lowest BCUT2D eigenvalue weighted by Gasteiger charge is -2.15. The van der Waals surface area contributed by atoms with Crippen molar-refractivity contribution in [2.75, 3.05) is 19.8 Å². The molecule has 2 N–H and O–H groups in total. The topological polar surface area (TPSA) is 142 Å². The number of nitrogens with one attached hydrogen (secondary N) is 1. The number of aliphatic hydroxyl groups excluding tert-OH is 1.